The predicted octanol–water partition coefficient (Wildman–Crippen LogP) is 2.07. The number of phenolic OH excluding ortho intramolecular Hbond substituents is 1. The van der Waals surface area contributed by atoms with Gasteiger partial charge in [0.05, 0.1) is 12.7 Å². The molecule has 23 heavy (non-hydrogen) atoms. The minimum Gasteiger partial charge on any atom is -0.507 e. The van der Waals surface area contributed by atoms with Gasteiger partial charge in [0.15, 0.2) is 5.82 Å². The lowest BCUT2D eigenvalue weighted by Crippen LogP contribution is -2.25. The molecule has 0 aliphatic carbocycles. The van der Waals surface area contributed by atoms with Crippen molar-refractivity contribution in [3.05, 3.63) is 23.5 Å². The van der Waals surface area contributed by atoms with Crippen LogP contribution in [0.25, 0.3) is 11.4 Å². The highest BCUT2D eigenvalue weighted by Crippen LogP contribution is 2.37. The van der Waals surface area contributed by atoms with Crippen LogP contribution in [-0.4, -0.2) is 39.4 Å². The second kappa shape index (κ2) is 6.68. The first-order valence-electron chi connectivity index (χ1n) is 7.49. The van der Waals surface area contributed by atoms with Crippen molar-refractivity contribution in [2.24, 2.45) is 7.05 Å². The maximum atomic E-state index is 12.0. The molecule has 1 aromatic carbocycles. The van der Waals surface area contributed by atoms with E-state index in [1.807, 2.05) is 26.8 Å². The zero-order chi connectivity index (χ0) is 17.1. The lowest BCUT2D eigenvalue weighted by atomic mass is 9.98. The molecule has 2 aromatic rings. The maximum absolute atomic E-state index is 12.0. The lowest BCUT2D eigenvalue weighted by molar-refractivity contribution is 0.0942. The largest absolute Gasteiger partial charge is 0.507 e. The first-order valence-corrected chi connectivity index (χ1v) is 7.49. The third-order valence-corrected chi connectivity index (χ3v) is 3.63. The van der Waals surface area contributed by atoms with Crippen molar-refractivity contribution in [2.45, 2.75) is 26.7 Å². The molecule has 0 fully saturated rings. The molecule has 0 saturated carbocycles. The number of hydrogen-bond acceptors (Lipinski definition) is 5. The van der Waals surface area contributed by atoms with Gasteiger partial charge in [-0.3, -0.25) is 4.79 Å². The molecular weight excluding hydrogens is 296 g/mol. The summed E-state index contributed by atoms with van der Waals surface area (Å²) in [5.74, 6) is 1.18. The average Bonchev–Trinajstić information content (AvgIpc) is 2.88. The minimum absolute atomic E-state index is 0.0317. The van der Waals surface area contributed by atoms with Gasteiger partial charge in [-0.05, 0) is 24.5 Å². The Morgan fingerprint density at radius 1 is 1.39 bits per heavy atom. The summed E-state index contributed by atoms with van der Waals surface area (Å²) in [5.41, 5.74) is 1.46. The summed E-state index contributed by atoms with van der Waals surface area (Å²) in [7, 11) is 3.26. The molecular formula is C16H22N4O3. The second-order valence-corrected chi connectivity index (χ2v) is 5.53. The van der Waals surface area contributed by atoms with Crippen molar-refractivity contribution >= 4 is 5.91 Å². The molecule has 124 valence electrons. The molecule has 0 radical (unpaired) electrons. The van der Waals surface area contributed by atoms with E-state index >= 15 is 0 Å². The number of amides is 1. The van der Waals surface area contributed by atoms with E-state index in [4.69, 9.17) is 4.74 Å². The van der Waals surface area contributed by atoms with Crippen LogP contribution in [0.1, 0.15) is 42.9 Å². The molecule has 0 aliphatic rings. The summed E-state index contributed by atoms with van der Waals surface area (Å²) < 4.78 is 6.88. The molecule has 7 nitrogen and oxygen atoms in total. The van der Waals surface area contributed by atoms with E-state index in [0.717, 1.165) is 5.56 Å². The number of benzene rings is 1. The number of nitrogens with one attached hydrogen (secondary N) is 1. The molecule has 1 amide bonds. The molecule has 2 rings (SSSR count). The molecule has 2 N–H and O–H groups in total. The molecule has 1 aromatic heterocycles. The summed E-state index contributed by atoms with van der Waals surface area (Å²) >= 11 is 0. The number of phenols is 1. The summed E-state index contributed by atoms with van der Waals surface area (Å²) in [6, 6.07) is 3.38. The first kappa shape index (κ1) is 16.8. The fourth-order valence-corrected chi connectivity index (χ4v) is 2.39. The van der Waals surface area contributed by atoms with Crippen molar-refractivity contribution in [1.29, 1.82) is 0 Å². The molecule has 1 heterocycles. The van der Waals surface area contributed by atoms with Crippen LogP contribution in [0.4, 0.5) is 0 Å². The smallest absolute Gasteiger partial charge is 0.289 e. The lowest BCUT2D eigenvalue weighted by Gasteiger charge is -2.15. The monoisotopic (exact) mass is 318 g/mol. The Kier molecular flexibility index (Phi) is 4.88. The van der Waals surface area contributed by atoms with Gasteiger partial charge in [-0.25, -0.2) is 0 Å². The van der Waals surface area contributed by atoms with E-state index in [1.165, 1.54) is 0 Å². The molecule has 7 heteroatoms. The summed E-state index contributed by atoms with van der Waals surface area (Å²) in [5, 5.41) is 21.0. The molecule has 0 spiro atoms. The van der Waals surface area contributed by atoms with Gasteiger partial charge >= 0.3 is 0 Å². The average molecular weight is 318 g/mol. The normalized spacial score (nSPS) is 10.9. The van der Waals surface area contributed by atoms with Gasteiger partial charge in [-0.15, -0.1) is 10.2 Å². The third-order valence-electron chi connectivity index (χ3n) is 3.63. The number of hydrogen-bond donors (Lipinski definition) is 2. The van der Waals surface area contributed by atoms with Crippen LogP contribution in [-0.2, 0) is 7.05 Å². The SMILES string of the molecule is CCNC(=O)c1nnc(-c2cc(C(C)C)c(OC)cc2O)n1C. The number of carbonyl (C=O) groups excluding carboxylic acids is 1. The fourth-order valence-electron chi connectivity index (χ4n) is 2.39. The van der Waals surface area contributed by atoms with E-state index in [-0.39, 0.29) is 23.4 Å². The van der Waals surface area contributed by atoms with E-state index in [9.17, 15) is 9.90 Å². The van der Waals surface area contributed by atoms with Gasteiger partial charge in [0.2, 0.25) is 5.82 Å². The summed E-state index contributed by atoms with van der Waals surface area (Å²) in [6.45, 7) is 6.41. The topological polar surface area (TPSA) is 89.3 Å². The molecule has 0 unspecified atom stereocenters. The molecule has 0 saturated heterocycles. The van der Waals surface area contributed by atoms with Gasteiger partial charge in [0.25, 0.3) is 5.91 Å². The Hall–Kier alpha value is -2.57. The van der Waals surface area contributed by atoms with Gasteiger partial charge in [-0.2, -0.15) is 0 Å². The van der Waals surface area contributed by atoms with Crippen LogP contribution < -0.4 is 10.1 Å². The van der Waals surface area contributed by atoms with Gasteiger partial charge < -0.3 is 19.7 Å². The number of rotatable bonds is 5. The van der Waals surface area contributed by atoms with Crippen molar-refractivity contribution in [2.75, 3.05) is 13.7 Å². The standard InChI is InChI=1S/C16H22N4O3/c1-6-17-16(22)15-19-18-14(20(15)4)11-7-10(9(2)3)13(23-5)8-12(11)21/h7-9,21H,6H2,1-5H3,(H,17,22). The van der Waals surface area contributed by atoms with Crippen LogP contribution >= 0.6 is 0 Å². The quantitative estimate of drug-likeness (QED) is 0.881. The van der Waals surface area contributed by atoms with Crippen molar-refractivity contribution in [3.63, 3.8) is 0 Å². The van der Waals surface area contributed by atoms with Gasteiger partial charge in [-0.1, -0.05) is 13.8 Å². The van der Waals surface area contributed by atoms with E-state index in [0.29, 0.717) is 23.7 Å². The van der Waals surface area contributed by atoms with Crippen molar-refractivity contribution < 1.29 is 14.6 Å². The van der Waals surface area contributed by atoms with Crippen molar-refractivity contribution in [1.82, 2.24) is 20.1 Å². The number of aromatic nitrogens is 3. The predicted molar refractivity (Wildman–Crippen MR) is 86.8 cm³/mol. The van der Waals surface area contributed by atoms with E-state index in [2.05, 4.69) is 15.5 Å². The van der Waals surface area contributed by atoms with Gasteiger partial charge in [0, 0.05) is 19.7 Å². The van der Waals surface area contributed by atoms with Gasteiger partial charge in [0.1, 0.15) is 11.5 Å². The summed E-state index contributed by atoms with van der Waals surface area (Å²) in [6.07, 6.45) is 0. The Balaban J connectivity index is 2.55. The third kappa shape index (κ3) is 3.13. The Bertz CT molecular complexity index is 722. The first-order chi connectivity index (χ1) is 10.9. The Labute approximate surface area is 135 Å². The highest BCUT2D eigenvalue weighted by Gasteiger charge is 2.21. The van der Waals surface area contributed by atoms with E-state index < -0.39 is 0 Å². The Morgan fingerprint density at radius 2 is 2.09 bits per heavy atom. The highest BCUT2D eigenvalue weighted by molar-refractivity contribution is 5.91. The molecule has 0 aliphatic heterocycles. The van der Waals surface area contributed by atoms with Crippen LogP contribution in [0.3, 0.4) is 0 Å². The van der Waals surface area contributed by atoms with Crippen LogP contribution in [0, 0.1) is 0 Å². The Morgan fingerprint density at radius 3 is 2.65 bits per heavy atom. The number of nitrogens with zero attached hydrogens (tertiary/aromatic N) is 3. The number of methoxy groups -OCH3 is 1. The number of carbonyl (C=O) groups is 1. The molecule has 0 bridgehead atoms. The number of ether oxygens (including phenoxy) is 1. The van der Waals surface area contributed by atoms with E-state index in [1.54, 1.807) is 24.8 Å². The second-order valence-electron chi connectivity index (χ2n) is 5.53. The zero-order valence-electron chi connectivity index (χ0n) is 14.0. The van der Waals surface area contributed by atoms with Crippen LogP contribution in [0.15, 0.2) is 12.1 Å². The highest BCUT2D eigenvalue weighted by atomic mass is 16.5. The van der Waals surface area contributed by atoms with Crippen LogP contribution in [0.2, 0.25) is 0 Å². The molecule has 0 atom stereocenters. The number of aromatic hydroxyl groups is 1. The van der Waals surface area contributed by atoms with Crippen molar-refractivity contribution in [3.8, 4) is 22.9 Å². The van der Waals surface area contributed by atoms with Crippen LogP contribution in [0.5, 0.6) is 11.5 Å². The fraction of sp³-hybridized carbons (Fsp3) is 0.438. The zero-order valence-corrected chi connectivity index (χ0v) is 14.0. The maximum Gasteiger partial charge on any atom is 0.289 e. The summed E-state index contributed by atoms with van der Waals surface area (Å²) in [4.78, 5) is 12.0. The minimum atomic E-state index is -0.300.